The van der Waals surface area contributed by atoms with Crippen molar-refractivity contribution in [3.8, 4) is 5.75 Å². The number of carboxylic acids is 1. The molecule has 47 heavy (non-hydrogen) atoms. The van der Waals surface area contributed by atoms with Crippen molar-refractivity contribution in [3.05, 3.63) is 117 Å². The van der Waals surface area contributed by atoms with Gasteiger partial charge in [0.05, 0.1) is 44.0 Å². The Morgan fingerprint density at radius 2 is 1.91 bits per heavy atom. The first kappa shape index (κ1) is 33.6. The van der Waals surface area contributed by atoms with Gasteiger partial charge in [0.2, 0.25) is 10.0 Å². The monoisotopic (exact) mass is 659 g/mol. The highest BCUT2D eigenvalue weighted by Crippen LogP contribution is 2.39. The molecule has 5 rings (SSSR count). The summed E-state index contributed by atoms with van der Waals surface area (Å²) < 4.78 is 42.6. The van der Waals surface area contributed by atoms with Crippen LogP contribution < -0.4 is 4.74 Å². The molecule has 1 aliphatic rings. The molecule has 0 saturated carbocycles. The number of aliphatic carboxylic acids is 1. The van der Waals surface area contributed by atoms with Gasteiger partial charge in [-0.05, 0) is 73.2 Å². The van der Waals surface area contributed by atoms with Gasteiger partial charge in [-0.2, -0.15) is 4.31 Å². The van der Waals surface area contributed by atoms with Crippen LogP contribution in [0.1, 0.15) is 60.4 Å². The highest BCUT2D eigenvalue weighted by molar-refractivity contribution is 7.89. The highest BCUT2D eigenvalue weighted by Gasteiger charge is 2.40. The third kappa shape index (κ3) is 7.63. The lowest BCUT2D eigenvalue weighted by molar-refractivity contribution is -0.158. The van der Waals surface area contributed by atoms with E-state index in [1.165, 1.54) is 10.4 Å². The molecule has 246 valence electrons. The van der Waals surface area contributed by atoms with Crippen molar-refractivity contribution in [1.82, 2.24) is 19.3 Å². The standard InChI is InChI=1S/C33H37N7O6S/c1-22-12-13-26(15-27(22)19-40-17-23(2)46-29-10-5-6-11-30(29)47(40,43)44)31(33(3,4)32(41)42)45-21-28-20-39(38-36-28)18-25-9-7-8-24(14-25)16-35-37-34/h5-15,20,23,31H,16-19,21H2,1-4H3,(H,41,42)/t23-,31?/m1/s1. The van der Waals surface area contributed by atoms with Crippen LogP contribution in [0.5, 0.6) is 5.75 Å². The predicted octanol–water partition coefficient (Wildman–Crippen LogP) is 5.79. The van der Waals surface area contributed by atoms with Crippen LogP contribution in [0.25, 0.3) is 10.4 Å². The second-order valence-electron chi connectivity index (χ2n) is 12.2. The molecule has 3 aromatic carbocycles. The molecule has 0 fully saturated rings. The number of sulfonamides is 1. The topological polar surface area (TPSA) is 173 Å². The molecule has 1 unspecified atom stereocenters. The minimum atomic E-state index is -3.87. The largest absolute Gasteiger partial charge is 0.488 e. The number of benzene rings is 3. The first-order valence-corrected chi connectivity index (χ1v) is 16.5. The number of hydrogen-bond acceptors (Lipinski definition) is 8. The zero-order chi connectivity index (χ0) is 33.8. The Morgan fingerprint density at radius 3 is 2.68 bits per heavy atom. The van der Waals surface area contributed by atoms with Crippen LogP contribution in [0.2, 0.25) is 0 Å². The number of para-hydroxylation sites is 1. The van der Waals surface area contributed by atoms with Crippen molar-refractivity contribution in [1.29, 1.82) is 0 Å². The fraction of sp³-hybridized carbons (Fsp3) is 0.364. The Kier molecular flexibility index (Phi) is 9.96. The number of azide groups is 1. The highest BCUT2D eigenvalue weighted by atomic mass is 32.2. The third-order valence-corrected chi connectivity index (χ3v) is 9.97. The molecule has 0 amide bonds. The molecule has 1 aliphatic heterocycles. The minimum Gasteiger partial charge on any atom is -0.488 e. The maximum atomic E-state index is 13.7. The number of rotatable bonds is 12. The first-order chi connectivity index (χ1) is 22.4. The smallest absolute Gasteiger partial charge is 0.312 e. The van der Waals surface area contributed by atoms with E-state index >= 15 is 0 Å². The molecule has 1 N–H and O–H groups in total. The summed E-state index contributed by atoms with van der Waals surface area (Å²) in [6, 6.07) is 19.7. The SMILES string of the molecule is Cc1ccc(C(OCc2cn(Cc3cccc(CN=[N+]=[N-])c3)nn2)C(C)(C)C(=O)O)cc1CN1C[C@@H](C)Oc2ccccc2S1(=O)=O. The Balaban J connectivity index is 1.37. The fourth-order valence-electron chi connectivity index (χ4n) is 5.51. The van der Waals surface area contributed by atoms with Crippen LogP contribution in [0.15, 0.2) is 82.9 Å². The number of ether oxygens (including phenoxy) is 2. The quantitative estimate of drug-likeness (QED) is 0.113. The van der Waals surface area contributed by atoms with Crippen LogP contribution in [-0.2, 0) is 45.8 Å². The molecule has 2 atom stereocenters. The number of carboxylic acid groups (broad SMARTS) is 1. The number of nitrogens with zero attached hydrogens (tertiary/aromatic N) is 7. The van der Waals surface area contributed by atoms with Gasteiger partial charge in [-0.3, -0.25) is 4.79 Å². The second-order valence-corrected chi connectivity index (χ2v) is 14.1. The van der Waals surface area contributed by atoms with Gasteiger partial charge in [-0.25, -0.2) is 13.1 Å². The van der Waals surface area contributed by atoms with Crippen molar-refractivity contribution in [2.75, 3.05) is 6.54 Å². The molecule has 2 heterocycles. The Bertz CT molecular complexity index is 1920. The van der Waals surface area contributed by atoms with E-state index in [1.807, 2.05) is 56.3 Å². The minimum absolute atomic E-state index is 0.00630. The van der Waals surface area contributed by atoms with Crippen LogP contribution in [0.3, 0.4) is 0 Å². The summed E-state index contributed by atoms with van der Waals surface area (Å²) in [7, 11) is -3.87. The summed E-state index contributed by atoms with van der Waals surface area (Å²) in [5.74, 6) is -0.730. The molecule has 0 radical (unpaired) electrons. The van der Waals surface area contributed by atoms with Crippen LogP contribution in [0, 0.1) is 12.3 Å². The molecular formula is C33H37N7O6S. The normalized spacial score (nSPS) is 16.7. The van der Waals surface area contributed by atoms with Gasteiger partial charge in [0.15, 0.2) is 0 Å². The lowest BCUT2D eigenvalue weighted by atomic mass is 9.81. The average molecular weight is 660 g/mol. The summed E-state index contributed by atoms with van der Waals surface area (Å²) in [5, 5.41) is 22.2. The maximum absolute atomic E-state index is 13.7. The van der Waals surface area contributed by atoms with E-state index < -0.39 is 27.5 Å². The van der Waals surface area contributed by atoms with E-state index in [2.05, 4.69) is 20.3 Å². The van der Waals surface area contributed by atoms with Gasteiger partial charge in [-0.15, -0.1) is 5.10 Å². The van der Waals surface area contributed by atoms with E-state index in [4.69, 9.17) is 15.0 Å². The van der Waals surface area contributed by atoms with Crippen LogP contribution >= 0.6 is 0 Å². The van der Waals surface area contributed by atoms with Crippen molar-refractivity contribution >= 4 is 16.0 Å². The zero-order valence-corrected chi connectivity index (χ0v) is 27.5. The summed E-state index contributed by atoms with van der Waals surface area (Å²) in [4.78, 5) is 15.4. The van der Waals surface area contributed by atoms with Gasteiger partial charge in [-0.1, -0.05) is 64.9 Å². The van der Waals surface area contributed by atoms with Gasteiger partial charge in [0, 0.05) is 11.5 Å². The molecule has 0 spiro atoms. The number of aromatic nitrogens is 3. The second kappa shape index (κ2) is 13.9. The summed E-state index contributed by atoms with van der Waals surface area (Å²) in [6.07, 6.45) is 0.455. The van der Waals surface area contributed by atoms with E-state index in [0.717, 1.165) is 22.3 Å². The van der Waals surface area contributed by atoms with E-state index in [0.29, 0.717) is 23.6 Å². The maximum Gasteiger partial charge on any atom is 0.312 e. The zero-order valence-electron chi connectivity index (χ0n) is 26.6. The molecular weight excluding hydrogens is 622 g/mol. The average Bonchev–Trinajstić information content (AvgIpc) is 3.44. The van der Waals surface area contributed by atoms with Crippen LogP contribution in [-0.4, -0.2) is 51.4 Å². The van der Waals surface area contributed by atoms with Crippen LogP contribution in [0.4, 0.5) is 0 Å². The Hall–Kier alpha value is -4.75. The molecule has 0 bridgehead atoms. The lowest BCUT2D eigenvalue weighted by Crippen LogP contribution is -2.36. The molecule has 1 aromatic heterocycles. The predicted molar refractivity (Wildman–Crippen MR) is 173 cm³/mol. The molecule has 0 aliphatic carbocycles. The van der Waals surface area contributed by atoms with Crippen molar-refractivity contribution in [2.24, 2.45) is 10.5 Å². The summed E-state index contributed by atoms with van der Waals surface area (Å²) >= 11 is 0. The van der Waals surface area contributed by atoms with E-state index in [1.54, 1.807) is 42.9 Å². The van der Waals surface area contributed by atoms with E-state index in [-0.39, 0.29) is 37.2 Å². The van der Waals surface area contributed by atoms with Gasteiger partial charge < -0.3 is 14.6 Å². The lowest BCUT2D eigenvalue weighted by Gasteiger charge is -2.31. The van der Waals surface area contributed by atoms with E-state index in [9.17, 15) is 18.3 Å². The number of carbonyl (C=O) groups is 1. The van der Waals surface area contributed by atoms with Gasteiger partial charge in [0.25, 0.3) is 0 Å². The molecule has 14 heteroatoms. The fourth-order valence-corrected chi connectivity index (χ4v) is 7.13. The van der Waals surface area contributed by atoms with Crippen molar-refractivity contribution in [3.63, 3.8) is 0 Å². The number of aryl methyl sites for hydroxylation is 1. The van der Waals surface area contributed by atoms with Gasteiger partial charge >= 0.3 is 5.97 Å². The summed E-state index contributed by atoms with van der Waals surface area (Å²) in [6.45, 7) is 7.79. The number of fused-ring (bicyclic) bond motifs is 1. The first-order valence-electron chi connectivity index (χ1n) is 15.1. The third-order valence-electron chi connectivity index (χ3n) is 8.12. The van der Waals surface area contributed by atoms with Crippen molar-refractivity contribution in [2.45, 2.75) is 71.0 Å². The Morgan fingerprint density at radius 1 is 1.15 bits per heavy atom. The number of hydrogen-bond donors (Lipinski definition) is 1. The molecule has 4 aromatic rings. The van der Waals surface area contributed by atoms with Crippen molar-refractivity contribution < 1.29 is 27.8 Å². The molecule has 13 nitrogen and oxygen atoms in total. The van der Waals surface area contributed by atoms with Gasteiger partial charge in [0.1, 0.15) is 22.4 Å². The Labute approximate surface area is 273 Å². The summed E-state index contributed by atoms with van der Waals surface area (Å²) in [5.41, 5.74) is 11.8. The molecule has 0 saturated heterocycles.